The van der Waals surface area contributed by atoms with E-state index in [1.165, 1.54) is 0 Å². The van der Waals surface area contributed by atoms with Crippen LogP contribution in [0.3, 0.4) is 0 Å². The van der Waals surface area contributed by atoms with Crippen LogP contribution in [-0.2, 0) is 4.79 Å². The SMILES string of the molecule is COc1cc(OC)cc([C@@H]2c3cc4c(cc3[C@H](O)C3CCC(=O)[C@H]32)OCO4)c1. The van der Waals surface area contributed by atoms with Gasteiger partial charge in [0.05, 0.1) is 20.3 Å². The van der Waals surface area contributed by atoms with Crippen LogP contribution in [-0.4, -0.2) is 31.9 Å². The molecule has 0 radical (unpaired) electrons. The fourth-order valence-electron chi connectivity index (χ4n) is 5.00. The summed E-state index contributed by atoms with van der Waals surface area (Å²) < 4.78 is 22.0. The van der Waals surface area contributed by atoms with Crippen LogP contribution in [0.15, 0.2) is 30.3 Å². The lowest BCUT2D eigenvalue weighted by atomic mass is 9.66. The molecule has 1 aliphatic heterocycles. The van der Waals surface area contributed by atoms with E-state index in [1.54, 1.807) is 14.2 Å². The largest absolute Gasteiger partial charge is 0.497 e. The van der Waals surface area contributed by atoms with Crippen LogP contribution in [0.4, 0.5) is 0 Å². The number of ether oxygens (including phenoxy) is 4. The predicted octanol–water partition coefficient (Wildman–Crippen LogP) is 3.21. The summed E-state index contributed by atoms with van der Waals surface area (Å²) >= 11 is 0. The maximum Gasteiger partial charge on any atom is 0.231 e. The quantitative estimate of drug-likeness (QED) is 0.879. The molecule has 0 spiro atoms. The Morgan fingerprint density at radius 1 is 0.964 bits per heavy atom. The van der Waals surface area contributed by atoms with Crippen LogP contribution in [0.2, 0.25) is 0 Å². The minimum atomic E-state index is -0.690. The van der Waals surface area contributed by atoms with Crippen LogP contribution >= 0.6 is 0 Å². The molecular formula is C22H22O6. The molecule has 5 rings (SSSR count). The normalized spacial score (nSPS) is 27.3. The Balaban J connectivity index is 1.73. The molecule has 0 saturated heterocycles. The van der Waals surface area contributed by atoms with Crippen molar-refractivity contribution in [2.75, 3.05) is 21.0 Å². The van der Waals surface area contributed by atoms with Crippen molar-refractivity contribution in [3.05, 3.63) is 47.0 Å². The molecule has 4 atom stereocenters. The van der Waals surface area contributed by atoms with Crippen molar-refractivity contribution in [1.29, 1.82) is 0 Å². The lowest BCUT2D eigenvalue weighted by Gasteiger charge is -2.38. The fourth-order valence-corrected chi connectivity index (χ4v) is 5.00. The van der Waals surface area contributed by atoms with Gasteiger partial charge >= 0.3 is 0 Å². The van der Waals surface area contributed by atoms with Gasteiger partial charge in [0.25, 0.3) is 0 Å². The Morgan fingerprint density at radius 2 is 1.61 bits per heavy atom. The van der Waals surface area contributed by atoms with Crippen LogP contribution in [0, 0.1) is 11.8 Å². The van der Waals surface area contributed by atoms with Crippen molar-refractivity contribution in [2.24, 2.45) is 11.8 Å². The number of benzene rings is 2. The molecule has 2 aliphatic carbocycles. The molecule has 0 bridgehead atoms. The molecule has 1 saturated carbocycles. The molecule has 1 N–H and O–H groups in total. The molecular weight excluding hydrogens is 360 g/mol. The molecule has 146 valence electrons. The van der Waals surface area contributed by atoms with Gasteiger partial charge in [-0.05, 0) is 47.4 Å². The van der Waals surface area contributed by atoms with E-state index in [1.807, 2.05) is 30.3 Å². The third-order valence-corrected chi connectivity index (χ3v) is 6.29. The van der Waals surface area contributed by atoms with E-state index in [4.69, 9.17) is 18.9 Å². The number of carbonyl (C=O) groups is 1. The van der Waals surface area contributed by atoms with Crippen molar-refractivity contribution in [2.45, 2.75) is 24.9 Å². The molecule has 1 unspecified atom stereocenters. The number of hydrogen-bond acceptors (Lipinski definition) is 6. The molecule has 2 aromatic rings. The number of aliphatic hydroxyl groups is 1. The number of methoxy groups -OCH3 is 2. The lowest BCUT2D eigenvalue weighted by molar-refractivity contribution is -0.122. The van der Waals surface area contributed by atoms with Crippen molar-refractivity contribution >= 4 is 5.78 Å². The first-order chi connectivity index (χ1) is 13.6. The Bertz CT molecular complexity index is 930. The minimum Gasteiger partial charge on any atom is -0.497 e. The minimum absolute atomic E-state index is 0.109. The van der Waals surface area contributed by atoms with Crippen molar-refractivity contribution in [3.63, 3.8) is 0 Å². The van der Waals surface area contributed by atoms with Gasteiger partial charge in [-0.25, -0.2) is 0 Å². The van der Waals surface area contributed by atoms with E-state index in [-0.39, 0.29) is 30.3 Å². The zero-order valence-corrected chi connectivity index (χ0v) is 15.8. The molecule has 3 aliphatic rings. The van der Waals surface area contributed by atoms with Gasteiger partial charge in [0, 0.05) is 30.2 Å². The number of carbonyl (C=O) groups excluding carboxylic acids is 1. The highest BCUT2D eigenvalue weighted by Gasteiger charge is 2.50. The highest BCUT2D eigenvalue weighted by molar-refractivity contribution is 5.86. The van der Waals surface area contributed by atoms with Gasteiger partial charge < -0.3 is 24.1 Å². The molecule has 28 heavy (non-hydrogen) atoms. The van der Waals surface area contributed by atoms with Crippen molar-refractivity contribution < 1.29 is 28.8 Å². The second-order valence-corrected chi connectivity index (χ2v) is 7.60. The number of Topliss-reactive ketones (excluding diaryl/α,β-unsaturated/α-hetero) is 1. The summed E-state index contributed by atoms with van der Waals surface area (Å²) in [4.78, 5) is 12.9. The van der Waals surface area contributed by atoms with Gasteiger partial charge in [-0.15, -0.1) is 0 Å². The van der Waals surface area contributed by atoms with Gasteiger partial charge in [-0.2, -0.15) is 0 Å². The van der Waals surface area contributed by atoms with E-state index in [9.17, 15) is 9.90 Å². The monoisotopic (exact) mass is 382 g/mol. The molecule has 6 heteroatoms. The van der Waals surface area contributed by atoms with E-state index >= 15 is 0 Å². The maximum absolute atomic E-state index is 12.9. The number of hydrogen-bond donors (Lipinski definition) is 1. The summed E-state index contributed by atoms with van der Waals surface area (Å²) in [5, 5.41) is 11.0. The van der Waals surface area contributed by atoms with Crippen molar-refractivity contribution in [1.82, 2.24) is 0 Å². The zero-order chi connectivity index (χ0) is 19.4. The van der Waals surface area contributed by atoms with E-state index in [0.717, 1.165) is 16.7 Å². The Labute approximate surface area is 163 Å². The zero-order valence-electron chi connectivity index (χ0n) is 15.8. The molecule has 6 nitrogen and oxygen atoms in total. The number of fused-ring (bicyclic) bond motifs is 3. The molecule has 0 amide bonds. The third kappa shape index (κ3) is 2.48. The third-order valence-electron chi connectivity index (χ3n) is 6.29. The highest BCUT2D eigenvalue weighted by atomic mass is 16.7. The van der Waals surface area contributed by atoms with Crippen LogP contribution in [0.25, 0.3) is 0 Å². The summed E-state index contributed by atoms with van der Waals surface area (Å²) in [5.41, 5.74) is 2.66. The molecule has 0 aromatic heterocycles. The fraction of sp³-hybridized carbons (Fsp3) is 0.409. The second-order valence-electron chi connectivity index (χ2n) is 7.60. The summed E-state index contributed by atoms with van der Waals surface area (Å²) in [6, 6.07) is 9.49. The van der Waals surface area contributed by atoms with E-state index < -0.39 is 6.10 Å². The Hall–Kier alpha value is -2.73. The standard InChI is InChI=1S/C22H22O6/c1-25-12-5-11(6-13(7-12)26-2)20-15-8-18-19(28-10-27-18)9-16(15)22(24)14-3-4-17(23)21(14)20/h5-9,14,20-22,24H,3-4,10H2,1-2H3/t14?,20-,21+,22-/m1/s1. The highest BCUT2D eigenvalue weighted by Crippen LogP contribution is 2.56. The van der Waals surface area contributed by atoms with Crippen molar-refractivity contribution in [3.8, 4) is 23.0 Å². The van der Waals surface area contributed by atoms with E-state index in [2.05, 4.69) is 0 Å². The first-order valence-electron chi connectivity index (χ1n) is 9.48. The van der Waals surface area contributed by atoms with Crippen LogP contribution in [0.5, 0.6) is 23.0 Å². The Morgan fingerprint density at radius 3 is 2.25 bits per heavy atom. The molecule has 1 fully saturated rings. The summed E-state index contributed by atoms with van der Waals surface area (Å²) in [6.07, 6.45) is 0.491. The maximum atomic E-state index is 12.9. The Kier molecular flexibility index (Phi) is 3.98. The summed E-state index contributed by atoms with van der Waals surface area (Å²) in [7, 11) is 3.22. The number of ketones is 1. The van der Waals surface area contributed by atoms with E-state index in [0.29, 0.717) is 35.8 Å². The van der Waals surface area contributed by atoms with Gasteiger partial charge in [-0.1, -0.05) is 0 Å². The summed E-state index contributed by atoms with van der Waals surface area (Å²) in [5.74, 6) is 2.24. The topological polar surface area (TPSA) is 74.2 Å². The van der Waals surface area contributed by atoms with Gasteiger partial charge in [0.1, 0.15) is 17.3 Å². The van der Waals surface area contributed by atoms with Gasteiger partial charge in [-0.3, -0.25) is 4.79 Å². The van der Waals surface area contributed by atoms with Gasteiger partial charge in [0.15, 0.2) is 11.5 Å². The summed E-state index contributed by atoms with van der Waals surface area (Å²) in [6.45, 7) is 0.164. The van der Waals surface area contributed by atoms with Crippen LogP contribution < -0.4 is 18.9 Å². The first-order valence-corrected chi connectivity index (χ1v) is 9.48. The average molecular weight is 382 g/mol. The lowest BCUT2D eigenvalue weighted by Crippen LogP contribution is -2.33. The predicted molar refractivity (Wildman–Crippen MR) is 100 cm³/mol. The van der Waals surface area contributed by atoms with Crippen LogP contribution in [0.1, 0.15) is 41.6 Å². The smallest absolute Gasteiger partial charge is 0.231 e. The number of rotatable bonds is 3. The first kappa shape index (κ1) is 17.4. The van der Waals surface area contributed by atoms with Gasteiger partial charge in [0.2, 0.25) is 6.79 Å². The second kappa shape index (κ2) is 6.41. The average Bonchev–Trinajstić information content (AvgIpc) is 3.33. The molecule has 2 aromatic carbocycles. The number of aliphatic hydroxyl groups excluding tert-OH is 1. The molecule has 1 heterocycles.